The number of rotatable bonds is 3. The zero-order valence-corrected chi connectivity index (χ0v) is 13.4. The quantitative estimate of drug-likeness (QED) is 0.841. The maximum atomic E-state index is 12.5. The summed E-state index contributed by atoms with van der Waals surface area (Å²) < 4.78 is 0. The molecule has 1 heterocycles. The molecule has 2 N–H and O–H groups in total. The van der Waals surface area contributed by atoms with Gasteiger partial charge >= 0.3 is 0 Å². The van der Waals surface area contributed by atoms with Gasteiger partial charge in [-0.1, -0.05) is 26.2 Å². The van der Waals surface area contributed by atoms with E-state index in [1.54, 1.807) is 0 Å². The predicted octanol–water partition coefficient (Wildman–Crippen LogP) is 2.88. The smallest absolute Gasteiger partial charge is 0.223 e. The molecule has 0 bridgehead atoms. The topological polar surface area (TPSA) is 41.1 Å². The standard InChI is InChI=1S/C16H28N2O.ClH/c1-2-12-5-3-4-6-14(12)18-15(19)13-11-16(13)7-9-17-10-8-16;/h12-14,17H,2-11H2,1H3,(H,18,19);1H. The van der Waals surface area contributed by atoms with E-state index in [2.05, 4.69) is 17.6 Å². The lowest BCUT2D eigenvalue weighted by molar-refractivity contribution is -0.124. The average Bonchev–Trinajstić information content (AvgIpc) is 3.14. The van der Waals surface area contributed by atoms with Crippen molar-refractivity contribution in [1.29, 1.82) is 0 Å². The van der Waals surface area contributed by atoms with E-state index in [0.717, 1.165) is 25.4 Å². The molecule has 0 aromatic carbocycles. The van der Waals surface area contributed by atoms with Crippen molar-refractivity contribution in [3.05, 3.63) is 0 Å². The summed E-state index contributed by atoms with van der Waals surface area (Å²) in [6.45, 7) is 4.47. The Kier molecular flexibility index (Phi) is 5.36. The van der Waals surface area contributed by atoms with Crippen molar-refractivity contribution in [1.82, 2.24) is 10.6 Å². The van der Waals surface area contributed by atoms with Gasteiger partial charge in [-0.2, -0.15) is 0 Å². The summed E-state index contributed by atoms with van der Waals surface area (Å²) in [4.78, 5) is 12.5. The van der Waals surface area contributed by atoms with Crippen molar-refractivity contribution < 1.29 is 4.79 Å². The Balaban J connectivity index is 0.00000147. The fourth-order valence-corrected chi connectivity index (χ4v) is 4.37. The van der Waals surface area contributed by atoms with Crippen molar-refractivity contribution in [2.45, 2.75) is 64.3 Å². The minimum absolute atomic E-state index is 0. The summed E-state index contributed by atoms with van der Waals surface area (Å²) in [6, 6.07) is 0.464. The van der Waals surface area contributed by atoms with Crippen LogP contribution in [-0.4, -0.2) is 25.0 Å². The molecule has 1 amide bonds. The minimum Gasteiger partial charge on any atom is -0.353 e. The fourth-order valence-electron chi connectivity index (χ4n) is 4.37. The van der Waals surface area contributed by atoms with Gasteiger partial charge in [0.1, 0.15) is 0 Å². The monoisotopic (exact) mass is 300 g/mol. The summed E-state index contributed by atoms with van der Waals surface area (Å²) in [5, 5.41) is 6.80. The Hall–Kier alpha value is -0.280. The average molecular weight is 301 g/mol. The second-order valence-corrected chi connectivity index (χ2v) is 6.94. The van der Waals surface area contributed by atoms with Crippen LogP contribution in [0.3, 0.4) is 0 Å². The molecule has 0 aromatic heterocycles. The lowest BCUT2D eigenvalue weighted by Gasteiger charge is -2.32. The molecule has 3 rings (SSSR count). The molecule has 3 atom stereocenters. The molecular weight excluding hydrogens is 272 g/mol. The predicted molar refractivity (Wildman–Crippen MR) is 84.1 cm³/mol. The number of carbonyl (C=O) groups excluding carboxylic acids is 1. The number of hydrogen-bond acceptors (Lipinski definition) is 2. The molecule has 3 nitrogen and oxygen atoms in total. The zero-order valence-electron chi connectivity index (χ0n) is 12.6. The molecular formula is C16H29ClN2O. The van der Waals surface area contributed by atoms with Crippen LogP contribution >= 0.6 is 12.4 Å². The molecule has 1 spiro atoms. The summed E-state index contributed by atoms with van der Waals surface area (Å²) >= 11 is 0. The SMILES string of the molecule is CCC1CCCCC1NC(=O)C1CC12CCNCC2.Cl. The molecule has 116 valence electrons. The van der Waals surface area contributed by atoms with Crippen LogP contribution < -0.4 is 10.6 Å². The van der Waals surface area contributed by atoms with Crippen LogP contribution in [0.4, 0.5) is 0 Å². The van der Waals surface area contributed by atoms with E-state index in [9.17, 15) is 4.79 Å². The number of amides is 1. The maximum Gasteiger partial charge on any atom is 0.223 e. The van der Waals surface area contributed by atoms with Gasteiger partial charge in [0.15, 0.2) is 0 Å². The normalized spacial score (nSPS) is 35.1. The van der Waals surface area contributed by atoms with Crippen molar-refractivity contribution in [2.75, 3.05) is 13.1 Å². The van der Waals surface area contributed by atoms with Crippen molar-refractivity contribution in [2.24, 2.45) is 17.3 Å². The first-order chi connectivity index (χ1) is 9.25. The van der Waals surface area contributed by atoms with Gasteiger partial charge < -0.3 is 10.6 Å². The molecule has 0 radical (unpaired) electrons. The first-order valence-electron chi connectivity index (χ1n) is 8.26. The lowest BCUT2D eigenvalue weighted by Crippen LogP contribution is -2.43. The first-order valence-corrected chi connectivity index (χ1v) is 8.26. The van der Waals surface area contributed by atoms with Crippen LogP contribution in [0.5, 0.6) is 0 Å². The van der Waals surface area contributed by atoms with E-state index in [1.807, 2.05) is 0 Å². The van der Waals surface area contributed by atoms with E-state index in [-0.39, 0.29) is 12.4 Å². The van der Waals surface area contributed by atoms with Crippen LogP contribution in [-0.2, 0) is 4.79 Å². The van der Waals surface area contributed by atoms with E-state index < -0.39 is 0 Å². The molecule has 1 saturated heterocycles. The second-order valence-electron chi connectivity index (χ2n) is 6.94. The number of nitrogens with one attached hydrogen (secondary N) is 2. The highest BCUT2D eigenvalue weighted by Crippen LogP contribution is 2.58. The van der Waals surface area contributed by atoms with Gasteiger partial charge in [-0.25, -0.2) is 0 Å². The molecule has 3 fully saturated rings. The van der Waals surface area contributed by atoms with Crippen LogP contribution in [0, 0.1) is 17.3 Å². The third-order valence-electron chi connectivity index (χ3n) is 5.87. The third kappa shape index (κ3) is 3.14. The summed E-state index contributed by atoms with van der Waals surface area (Å²) in [5.41, 5.74) is 0.381. The van der Waals surface area contributed by atoms with Gasteiger partial charge in [-0.15, -0.1) is 12.4 Å². The van der Waals surface area contributed by atoms with Crippen molar-refractivity contribution in [3.8, 4) is 0 Å². The minimum atomic E-state index is 0. The second kappa shape index (κ2) is 6.65. The van der Waals surface area contributed by atoms with Gasteiger partial charge in [-0.3, -0.25) is 4.79 Å². The molecule has 20 heavy (non-hydrogen) atoms. The van der Waals surface area contributed by atoms with E-state index in [1.165, 1.54) is 44.9 Å². The highest BCUT2D eigenvalue weighted by Gasteiger charge is 2.57. The molecule has 3 aliphatic rings. The number of carbonyl (C=O) groups is 1. The number of halogens is 1. The fraction of sp³-hybridized carbons (Fsp3) is 0.938. The highest BCUT2D eigenvalue weighted by molar-refractivity contribution is 5.85. The Morgan fingerprint density at radius 3 is 2.65 bits per heavy atom. The molecule has 2 aliphatic carbocycles. The molecule has 1 aliphatic heterocycles. The van der Waals surface area contributed by atoms with Crippen LogP contribution in [0.2, 0.25) is 0 Å². The molecule has 2 saturated carbocycles. The van der Waals surface area contributed by atoms with Gasteiger partial charge in [0, 0.05) is 12.0 Å². The Morgan fingerprint density at radius 2 is 1.95 bits per heavy atom. The van der Waals surface area contributed by atoms with Gasteiger partial charge in [0.25, 0.3) is 0 Å². The number of hydrogen-bond donors (Lipinski definition) is 2. The summed E-state index contributed by atoms with van der Waals surface area (Å²) in [6.07, 6.45) is 9.91. The lowest BCUT2D eigenvalue weighted by atomic mass is 9.82. The Labute approximate surface area is 129 Å². The third-order valence-corrected chi connectivity index (χ3v) is 5.87. The Bertz CT molecular complexity index is 341. The maximum absolute atomic E-state index is 12.5. The van der Waals surface area contributed by atoms with E-state index in [4.69, 9.17) is 0 Å². The van der Waals surface area contributed by atoms with Gasteiger partial charge in [-0.05, 0) is 56.5 Å². The molecule has 0 aromatic rings. The Morgan fingerprint density at radius 1 is 1.25 bits per heavy atom. The number of piperidine rings is 1. The summed E-state index contributed by atoms with van der Waals surface area (Å²) in [5.74, 6) is 1.42. The highest BCUT2D eigenvalue weighted by atomic mass is 35.5. The van der Waals surface area contributed by atoms with E-state index >= 15 is 0 Å². The largest absolute Gasteiger partial charge is 0.353 e. The zero-order chi connectivity index (χ0) is 13.3. The van der Waals surface area contributed by atoms with Crippen LogP contribution in [0.15, 0.2) is 0 Å². The van der Waals surface area contributed by atoms with Crippen LogP contribution in [0.25, 0.3) is 0 Å². The van der Waals surface area contributed by atoms with E-state index in [0.29, 0.717) is 23.3 Å². The summed E-state index contributed by atoms with van der Waals surface area (Å²) in [7, 11) is 0. The first kappa shape index (κ1) is 16.1. The van der Waals surface area contributed by atoms with Crippen LogP contribution in [0.1, 0.15) is 58.3 Å². The van der Waals surface area contributed by atoms with Gasteiger partial charge in [0.05, 0.1) is 0 Å². The van der Waals surface area contributed by atoms with Gasteiger partial charge in [0.2, 0.25) is 5.91 Å². The molecule has 4 heteroatoms. The molecule has 3 unspecified atom stereocenters. The van der Waals surface area contributed by atoms with Crippen molar-refractivity contribution in [3.63, 3.8) is 0 Å². The van der Waals surface area contributed by atoms with Crippen molar-refractivity contribution >= 4 is 18.3 Å².